The molecule has 4 heteroatoms. The minimum Gasteiger partial charge on any atom is -0.393 e. The zero-order valence-corrected chi connectivity index (χ0v) is 17.3. The maximum Gasteiger partial charge on any atom is 0.163 e. The Kier molecular flexibility index (Phi) is 5.77. The minimum atomic E-state index is -0.591. The third-order valence-corrected chi connectivity index (χ3v) is 8.69. The SMILES string of the molecule is CN(C)C1=CC(P(c2ccccc2)c2ccccc2)N([Si](C)C)C=C1. The van der Waals surface area contributed by atoms with Gasteiger partial charge in [-0.1, -0.05) is 73.8 Å². The van der Waals surface area contributed by atoms with Crippen LogP contribution in [0.5, 0.6) is 0 Å². The fraction of sp³-hybridized carbons (Fsp3) is 0.238. The van der Waals surface area contributed by atoms with Crippen LogP contribution in [0.3, 0.4) is 0 Å². The van der Waals surface area contributed by atoms with Crippen LogP contribution >= 0.6 is 7.92 Å². The summed E-state index contributed by atoms with van der Waals surface area (Å²) in [4.78, 5) is 2.21. The molecule has 1 aliphatic heterocycles. The molecule has 2 aromatic rings. The Morgan fingerprint density at radius 3 is 1.84 bits per heavy atom. The molecular formula is C21H26N2PSi. The Balaban J connectivity index is 2.11. The van der Waals surface area contributed by atoms with Crippen molar-refractivity contribution in [3.63, 3.8) is 0 Å². The minimum absolute atomic E-state index is 0.395. The predicted molar refractivity (Wildman–Crippen MR) is 113 cm³/mol. The molecule has 3 rings (SSSR count). The van der Waals surface area contributed by atoms with E-state index in [9.17, 15) is 0 Å². The maximum atomic E-state index is 2.60. The Labute approximate surface area is 154 Å². The van der Waals surface area contributed by atoms with Gasteiger partial charge in [0.2, 0.25) is 0 Å². The second-order valence-corrected chi connectivity index (χ2v) is 11.3. The van der Waals surface area contributed by atoms with Crippen LogP contribution in [0.2, 0.25) is 13.1 Å². The first-order valence-electron chi connectivity index (χ1n) is 8.63. The largest absolute Gasteiger partial charge is 0.393 e. The molecule has 1 heterocycles. The molecule has 129 valence electrons. The van der Waals surface area contributed by atoms with Crippen molar-refractivity contribution in [2.75, 3.05) is 14.1 Å². The number of allylic oxidation sites excluding steroid dienone is 1. The first kappa shape index (κ1) is 18.0. The van der Waals surface area contributed by atoms with Crippen molar-refractivity contribution in [1.29, 1.82) is 0 Å². The van der Waals surface area contributed by atoms with Gasteiger partial charge in [-0.15, -0.1) is 0 Å². The van der Waals surface area contributed by atoms with Crippen molar-refractivity contribution in [2.45, 2.75) is 18.9 Å². The monoisotopic (exact) mass is 365 g/mol. The molecule has 0 saturated carbocycles. The van der Waals surface area contributed by atoms with E-state index in [0.29, 0.717) is 5.78 Å². The van der Waals surface area contributed by atoms with E-state index in [0.717, 1.165) is 0 Å². The molecule has 0 aliphatic carbocycles. The molecular weight excluding hydrogens is 339 g/mol. The maximum absolute atomic E-state index is 2.60. The van der Waals surface area contributed by atoms with Crippen LogP contribution in [-0.4, -0.2) is 38.3 Å². The van der Waals surface area contributed by atoms with Gasteiger partial charge < -0.3 is 9.47 Å². The number of likely N-dealkylation sites (N-methyl/N-ethyl adjacent to an activating group) is 1. The van der Waals surface area contributed by atoms with Crippen LogP contribution in [0, 0.1) is 0 Å². The van der Waals surface area contributed by atoms with Crippen LogP contribution < -0.4 is 10.6 Å². The molecule has 0 N–H and O–H groups in total. The summed E-state index contributed by atoms with van der Waals surface area (Å²) < 4.78 is 2.60. The number of hydrogen-bond acceptors (Lipinski definition) is 2. The zero-order valence-electron chi connectivity index (χ0n) is 15.4. The summed E-state index contributed by atoms with van der Waals surface area (Å²) in [7, 11) is 3.16. The molecule has 1 unspecified atom stereocenters. The Morgan fingerprint density at radius 2 is 1.40 bits per heavy atom. The summed E-state index contributed by atoms with van der Waals surface area (Å²) in [6, 6.07) is 22.0. The van der Waals surface area contributed by atoms with Crippen LogP contribution in [0.1, 0.15) is 0 Å². The predicted octanol–water partition coefficient (Wildman–Crippen LogP) is 3.97. The molecule has 1 radical (unpaired) electrons. The van der Waals surface area contributed by atoms with Gasteiger partial charge >= 0.3 is 0 Å². The lowest BCUT2D eigenvalue weighted by Crippen LogP contribution is -2.42. The molecule has 0 bridgehead atoms. The standard InChI is InChI=1S/C21H26N2PSi/c1-22(2)18-15-16-23(25(3)4)21(17-18)24(19-11-7-5-8-12-19)20-13-9-6-10-14-20/h5-17,21H,1-4H3. The zero-order chi connectivity index (χ0) is 17.8. The van der Waals surface area contributed by atoms with Crippen LogP contribution in [0.15, 0.2) is 84.7 Å². The van der Waals surface area contributed by atoms with E-state index in [1.807, 2.05) is 0 Å². The Hall–Kier alpha value is -1.83. The molecule has 25 heavy (non-hydrogen) atoms. The highest BCUT2D eigenvalue weighted by atomic mass is 31.1. The van der Waals surface area contributed by atoms with Gasteiger partial charge in [-0.05, 0) is 36.9 Å². The van der Waals surface area contributed by atoms with E-state index in [-0.39, 0.29) is 0 Å². The van der Waals surface area contributed by atoms with E-state index in [4.69, 9.17) is 0 Å². The van der Waals surface area contributed by atoms with Gasteiger partial charge in [0.1, 0.15) is 0 Å². The highest BCUT2D eigenvalue weighted by molar-refractivity contribution is 7.73. The number of hydrogen-bond donors (Lipinski definition) is 0. The molecule has 0 fully saturated rings. The Morgan fingerprint density at radius 1 is 0.880 bits per heavy atom. The van der Waals surface area contributed by atoms with Crippen molar-refractivity contribution in [3.05, 3.63) is 84.7 Å². The van der Waals surface area contributed by atoms with Crippen molar-refractivity contribution in [2.24, 2.45) is 0 Å². The van der Waals surface area contributed by atoms with Crippen LogP contribution in [0.25, 0.3) is 0 Å². The van der Waals surface area contributed by atoms with Gasteiger partial charge in [0.15, 0.2) is 8.96 Å². The smallest absolute Gasteiger partial charge is 0.163 e. The molecule has 1 aliphatic rings. The average molecular weight is 366 g/mol. The summed E-state index contributed by atoms with van der Waals surface area (Å²) in [5.74, 6) is 0.395. The number of rotatable bonds is 5. The van der Waals surface area contributed by atoms with Gasteiger partial charge in [0.25, 0.3) is 0 Å². The van der Waals surface area contributed by atoms with Gasteiger partial charge in [0, 0.05) is 19.8 Å². The van der Waals surface area contributed by atoms with Crippen molar-refractivity contribution >= 4 is 27.5 Å². The average Bonchev–Trinajstić information content (AvgIpc) is 2.63. The highest BCUT2D eigenvalue weighted by Gasteiger charge is 2.30. The first-order valence-corrected chi connectivity index (χ1v) is 12.5. The molecule has 0 amide bonds. The molecule has 0 spiro atoms. The molecule has 2 nitrogen and oxygen atoms in total. The van der Waals surface area contributed by atoms with Crippen LogP contribution in [0.4, 0.5) is 0 Å². The third-order valence-electron chi connectivity index (χ3n) is 4.38. The van der Waals surface area contributed by atoms with Crippen LogP contribution in [-0.2, 0) is 0 Å². The lowest BCUT2D eigenvalue weighted by molar-refractivity contribution is 0.499. The highest BCUT2D eigenvalue weighted by Crippen LogP contribution is 2.44. The molecule has 2 aromatic carbocycles. The van der Waals surface area contributed by atoms with Gasteiger partial charge in [-0.25, -0.2) is 0 Å². The fourth-order valence-corrected chi connectivity index (χ4v) is 7.61. The summed E-state index contributed by atoms with van der Waals surface area (Å²) >= 11 is 0. The second-order valence-electron chi connectivity index (χ2n) is 6.61. The Bertz CT molecular complexity index is 702. The third kappa shape index (κ3) is 4.05. The summed E-state index contributed by atoms with van der Waals surface area (Å²) in [6.07, 6.45) is 7.02. The van der Waals surface area contributed by atoms with Gasteiger partial charge in [-0.3, -0.25) is 0 Å². The fourth-order valence-electron chi connectivity index (χ4n) is 3.08. The lowest BCUT2D eigenvalue weighted by atomic mass is 10.3. The topological polar surface area (TPSA) is 6.48 Å². The van der Waals surface area contributed by atoms with E-state index >= 15 is 0 Å². The van der Waals surface area contributed by atoms with Crippen molar-refractivity contribution < 1.29 is 0 Å². The lowest BCUT2D eigenvalue weighted by Gasteiger charge is -2.40. The van der Waals surface area contributed by atoms with Crippen molar-refractivity contribution in [3.8, 4) is 0 Å². The van der Waals surface area contributed by atoms with Gasteiger partial charge in [-0.2, -0.15) is 0 Å². The van der Waals surface area contributed by atoms with E-state index in [1.165, 1.54) is 16.3 Å². The first-order chi connectivity index (χ1) is 12.1. The molecule has 0 saturated heterocycles. The van der Waals surface area contributed by atoms with Crippen molar-refractivity contribution in [1.82, 2.24) is 9.47 Å². The van der Waals surface area contributed by atoms with Gasteiger partial charge in [0.05, 0.1) is 5.78 Å². The molecule has 0 aromatic heterocycles. The molecule has 1 atom stereocenters. The number of benzene rings is 2. The normalized spacial score (nSPS) is 17.1. The summed E-state index contributed by atoms with van der Waals surface area (Å²) in [6.45, 7) is 4.75. The summed E-state index contributed by atoms with van der Waals surface area (Å²) in [5, 5.41) is 2.87. The van der Waals surface area contributed by atoms with E-state index in [1.54, 1.807) is 0 Å². The number of nitrogens with zero attached hydrogens (tertiary/aromatic N) is 2. The quantitative estimate of drug-likeness (QED) is 0.584. The second kappa shape index (κ2) is 8.03. The summed E-state index contributed by atoms with van der Waals surface area (Å²) in [5.41, 5.74) is 1.30. The van der Waals surface area contributed by atoms with E-state index < -0.39 is 16.9 Å². The van der Waals surface area contributed by atoms with E-state index in [2.05, 4.69) is 116 Å².